The van der Waals surface area contributed by atoms with Crippen molar-refractivity contribution < 1.29 is 13.2 Å². The van der Waals surface area contributed by atoms with Crippen LogP contribution in [0.15, 0.2) is 47.4 Å². The highest BCUT2D eigenvalue weighted by atomic mass is 35.5. The number of hydrogen-bond acceptors (Lipinski definition) is 4. The standard InChI is InChI=1S/C19H20Cl2N2O3S/c20-15-6-9-18(17(21)12-15)22-13-19(24)14-4-7-16(8-5-14)27(25,26)23-10-2-1-3-11-23/h4-9,12,22H,1-3,10-11,13H2. The van der Waals surface area contributed by atoms with Crippen molar-refractivity contribution in [3.8, 4) is 0 Å². The fourth-order valence-corrected chi connectivity index (χ4v) is 4.97. The second-order valence-corrected chi connectivity index (χ2v) is 9.17. The molecular formula is C19H20Cl2N2O3S. The average molecular weight is 427 g/mol. The molecule has 0 atom stereocenters. The Hall–Kier alpha value is -1.60. The zero-order valence-electron chi connectivity index (χ0n) is 14.6. The van der Waals surface area contributed by atoms with Crippen molar-refractivity contribution in [3.63, 3.8) is 0 Å². The minimum absolute atomic E-state index is 0.0412. The summed E-state index contributed by atoms with van der Waals surface area (Å²) in [7, 11) is -3.49. The second kappa shape index (κ2) is 8.61. The molecule has 144 valence electrons. The largest absolute Gasteiger partial charge is 0.376 e. The molecule has 1 N–H and O–H groups in total. The van der Waals surface area contributed by atoms with E-state index in [0.29, 0.717) is 34.4 Å². The highest BCUT2D eigenvalue weighted by Crippen LogP contribution is 2.25. The minimum atomic E-state index is -3.49. The van der Waals surface area contributed by atoms with Crippen LogP contribution in [0.25, 0.3) is 0 Å². The third-order valence-corrected chi connectivity index (χ3v) is 6.96. The molecule has 5 nitrogen and oxygen atoms in total. The van der Waals surface area contributed by atoms with Gasteiger partial charge in [0, 0.05) is 23.7 Å². The Kier molecular flexibility index (Phi) is 6.42. The molecule has 1 aliphatic rings. The lowest BCUT2D eigenvalue weighted by Crippen LogP contribution is -2.35. The third-order valence-electron chi connectivity index (χ3n) is 4.50. The lowest BCUT2D eigenvalue weighted by atomic mass is 10.1. The van der Waals surface area contributed by atoms with E-state index in [1.807, 2.05) is 0 Å². The van der Waals surface area contributed by atoms with Gasteiger partial charge in [-0.25, -0.2) is 8.42 Å². The fraction of sp³-hybridized carbons (Fsp3) is 0.316. The van der Waals surface area contributed by atoms with Gasteiger partial charge in [0.15, 0.2) is 5.78 Å². The SMILES string of the molecule is O=C(CNc1ccc(Cl)cc1Cl)c1ccc(S(=O)(=O)N2CCCCC2)cc1. The summed E-state index contributed by atoms with van der Waals surface area (Å²) in [6.07, 6.45) is 2.83. The minimum Gasteiger partial charge on any atom is -0.376 e. The van der Waals surface area contributed by atoms with Gasteiger partial charge in [-0.1, -0.05) is 29.6 Å². The van der Waals surface area contributed by atoms with E-state index in [0.717, 1.165) is 19.3 Å². The van der Waals surface area contributed by atoms with Crippen LogP contribution in [0.3, 0.4) is 0 Å². The van der Waals surface area contributed by atoms with Crippen molar-refractivity contribution in [1.82, 2.24) is 4.31 Å². The molecule has 1 saturated heterocycles. The highest BCUT2D eigenvalue weighted by Gasteiger charge is 2.25. The number of carbonyl (C=O) groups excluding carboxylic acids is 1. The van der Waals surface area contributed by atoms with E-state index < -0.39 is 10.0 Å². The van der Waals surface area contributed by atoms with Crippen LogP contribution in [0.1, 0.15) is 29.6 Å². The molecular weight excluding hydrogens is 407 g/mol. The lowest BCUT2D eigenvalue weighted by molar-refractivity contribution is 0.101. The van der Waals surface area contributed by atoms with E-state index in [9.17, 15) is 13.2 Å². The highest BCUT2D eigenvalue weighted by molar-refractivity contribution is 7.89. The fourth-order valence-electron chi connectivity index (χ4n) is 2.98. The summed E-state index contributed by atoms with van der Waals surface area (Å²) in [5.74, 6) is -0.164. The van der Waals surface area contributed by atoms with Crippen LogP contribution in [-0.4, -0.2) is 38.1 Å². The quantitative estimate of drug-likeness (QED) is 0.692. The van der Waals surface area contributed by atoms with Crippen molar-refractivity contribution in [1.29, 1.82) is 0 Å². The molecule has 1 heterocycles. The molecule has 2 aromatic carbocycles. The number of rotatable bonds is 6. The summed E-state index contributed by atoms with van der Waals surface area (Å²) in [5, 5.41) is 3.91. The molecule has 27 heavy (non-hydrogen) atoms. The molecule has 0 aromatic heterocycles. The van der Waals surface area contributed by atoms with E-state index >= 15 is 0 Å². The van der Waals surface area contributed by atoms with E-state index in [4.69, 9.17) is 23.2 Å². The van der Waals surface area contributed by atoms with Crippen LogP contribution < -0.4 is 5.32 Å². The number of anilines is 1. The molecule has 0 aliphatic carbocycles. The topological polar surface area (TPSA) is 66.5 Å². The normalized spacial score (nSPS) is 15.5. The molecule has 0 bridgehead atoms. The molecule has 3 rings (SSSR count). The number of ketones is 1. The van der Waals surface area contributed by atoms with Crippen molar-refractivity contribution in [2.75, 3.05) is 25.0 Å². The number of hydrogen-bond donors (Lipinski definition) is 1. The molecule has 0 radical (unpaired) electrons. The van der Waals surface area contributed by atoms with Crippen LogP contribution in [0.2, 0.25) is 10.0 Å². The first-order valence-electron chi connectivity index (χ1n) is 8.70. The van der Waals surface area contributed by atoms with Crippen molar-refractivity contribution in [2.45, 2.75) is 24.2 Å². The zero-order valence-corrected chi connectivity index (χ0v) is 16.9. The number of piperidine rings is 1. The van der Waals surface area contributed by atoms with Gasteiger partial charge >= 0.3 is 0 Å². The van der Waals surface area contributed by atoms with Crippen LogP contribution in [0.4, 0.5) is 5.69 Å². The lowest BCUT2D eigenvalue weighted by Gasteiger charge is -2.25. The molecule has 0 unspecified atom stereocenters. The van der Waals surface area contributed by atoms with Crippen LogP contribution in [0.5, 0.6) is 0 Å². The molecule has 1 fully saturated rings. The molecule has 2 aromatic rings. The van der Waals surface area contributed by atoms with Crippen LogP contribution >= 0.6 is 23.2 Å². The van der Waals surface area contributed by atoms with Gasteiger partial charge in [-0.2, -0.15) is 4.31 Å². The number of Topliss-reactive ketones (excluding diaryl/α,β-unsaturated/α-hetero) is 1. The number of nitrogens with one attached hydrogen (secondary N) is 1. The Morgan fingerprint density at radius 3 is 2.30 bits per heavy atom. The van der Waals surface area contributed by atoms with Crippen molar-refractivity contribution in [3.05, 3.63) is 58.1 Å². The first-order chi connectivity index (χ1) is 12.9. The maximum atomic E-state index is 12.6. The monoisotopic (exact) mass is 426 g/mol. The van der Waals surface area contributed by atoms with Gasteiger partial charge < -0.3 is 5.32 Å². The number of sulfonamides is 1. The number of halogens is 2. The summed E-state index contributed by atoms with van der Waals surface area (Å²) >= 11 is 11.9. The summed E-state index contributed by atoms with van der Waals surface area (Å²) < 4.78 is 26.8. The number of benzene rings is 2. The number of nitrogens with zero attached hydrogens (tertiary/aromatic N) is 1. The molecule has 0 amide bonds. The Morgan fingerprint density at radius 2 is 1.67 bits per heavy atom. The first kappa shape index (κ1) is 20.1. The van der Waals surface area contributed by atoms with Gasteiger partial charge in [0.2, 0.25) is 10.0 Å². The van der Waals surface area contributed by atoms with Crippen molar-refractivity contribution in [2.24, 2.45) is 0 Å². The van der Waals surface area contributed by atoms with E-state index in [2.05, 4.69) is 5.32 Å². The number of carbonyl (C=O) groups is 1. The zero-order chi connectivity index (χ0) is 19.4. The average Bonchev–Trinajstić information content (AvgIpc) is 2.68. The Bertz CT molecular complexity index is 924. The maximum Gasteiger partial charge on any atom is 0.243 e. The van der Waals surface area contributed by atoms with Gasteiger partial charge in [0.1, 0.15) is 0 Å². The van der Waals surface area contributed by atoms with Gasteiger partial charge in [-0.3, -0.25) is 4.79 Å². The van der Waals surface area contributed by atoms with Crippen molar-refractivity contribution >= 4 is 44.7 Å². The predicted molar refractivity (Wildman–Crippen MR) is 108 cm³/mol. The third kappa shape index (κ3) is 4.82. The van der Waals surface area contributed by atoms with Crippen LogP contribution in [0, 0.1) is 0 Å². The van der Waals surface area contributed by atoms with Gasteiger partial charge in [-0.15, -0.1) is 0 Å². The maximum absolute atomic E-state index is 12.6. The predicted octanol–water partition coefficient (Wildman–Crippen LogP) is 4.46. The second-order valence-electron chi connectivity index (χ2n) is 6.39. The summed E-state index contributed by atoms with van der Waals surface area (Å²) in [4.78, 5) is 12.6. The van der Waals surface area contributed by atoms with Gasteiger partial charge in [-0.05, 0) is 55.3 Å². The van der Waals surface area contributed by atoms with Crippen LogP contribution in [-0.2, 0) is 10.0 Å². The molecule has 0 saturated carbocycles. The summed E-state index contributed by atoms with van der Waals surface area (Å²) in [5.41, 5.74) is 1.05. The Balaban J connectivity index is 1.66. The molecule has 1 aliphatic heterocycles. The van der Waals surface area contributed by atoms with E-state index in [1.54, 1.807) is 30.3 Å². The first-order valence-corrected chi connectivity index (χ1v) is 10.9. The van der Waals surface area contributed by atoms with E-state index in [1.165, 1.54) is 16.4 Å². The van der Waals surface area contributed by atoms with Gasteiger partial charge in [0.05, 0.1) is 22.2 Å². The Morgan fingerprint density at radius 1 is 1.00 bits per heavy atom. The van der Waals surface area contributed by atoms with Gasteiger partial charge in [0.25, 0.3) is 0 Å². The summed E-state index contributed by atoms with van der Waals surface area (Å²) in [6, 6.07) is 11.1. The molecule has 8 heteroatoms. The summed E-state index contributed by atoms with van der Waals surface area (Å²) in [6.45, 7) is 1.14. The Labute approximate surface area is 169 Å². The molecule has 0 spiro atoms. The smallest absolute Gasteiger partial charge is 0.243 e. The van der Waals surface area contributed by atoms with E-state index in [-0.39, 0.29) is 17.2 Å².